The van der Waals surface area contributed by atoms with Crippen molar-refractivity contribution in [3.63, 3.8) is 0 Å². The highest BCUT2D eigenvalue weighted by Crippen LogP contribution is 2.25. The molecular formula is C20H29N3O4S2. The van der Waals surface area contributed by atoms with Gasteiger partial charge in [-0.25, -0.2) is 18.2 Å². The number of carbonyl (C=O) groups excluding carboxylic acids is 1. The molecule has 2 amide bonds. The highest BCUT2D eigenvalue weighted by Gasteiger charge is 2.18. The molecule has 7 nitrogen and oxygen atoms in total. The Morgan fingerprint density at radius 2 is 1.90 bits per heavy atom. The number of carbonyl (C=O) groups is 1. The van der Waals surface area contributed by atoms with Gasteiger partial charge in [0.15, 0.2) is 9.84 Å². The normalized spacial score (nSPS) is 11.9. The van der Waals surface area contributed by atoms with Gasteiger partial charge >= 0.3 is 6.03 Å². The maximum Gasteiger partial charge on any atom is 0.317 e. The molecule has 0 bridgehead atoms. The van der Waals surface area contributed by atoms with Crippen molar-refractivity contribution in [3.05, 3.63) is 40.3 Å². The van der Waals surface area contributed by atoms with Crippen molar-refractivity contribution >= 4 is 27.2 Å². The van der Waals surface area contributed by atoms with Gasteiger partial charge in [0.05, 0.1) is 28.7 Å². The van der Waals surface area contributed by atoms with E-state index >= 15 is 0 Å². The minimum atomic E-state index is -3.21. The van der Waals surface area contributed by atoms with E-state index in [1.54, 1.807) is 35.4 Å². The van der Waals surface area contributed by atoms with Crippen LogP contribution in [0.25, 0.3) is 0 Å². The lowest BCUT2D eigenvalue weighted by Gasteiger charge is -2.18. The van der Waals surface area contributed by atoms with E-state index in [-0.39, 0.29) is 16.3 Å². The maximum absolute atomic E-state index is 12.2. The number of amides is 2. The third-order valence-corrected chi connectivity index (χ3v) is 6.56. The molecule has 1 aromatic heterocycles. The largest absolute Gasteiger partial charge is 0.494 e. The highest BCUT2D eigenvalue weighted by molar-refractivity contribution is 7.90. The first-order valence-electron chi connectivity index (χ1n) is 9.33. The SMILES string of the molecule is CN(CCCOc1ccc(S(C)(=O)=O)cc1)C(=O)NCc1csc(C(C)(C)C)n1. The van der Waals surface area contributed by atoms with Crippen LogP contribution in [0.15, 0.2) is 34.5 Å². The first-order chi connectivity index (χ1) is 13.5. The van der Waals surface area contributed by atoms with E-state index in [1.807, 2.05) is 5.38 Å². The molecule has 1 aromatic carbocycles. The summed E-state index contributed by atoms with van der Waals surface area (Å²) in [5, 5.41) is 5.90. The molecule has 0 aliphatic heterocycles. The van der Waals surface area contributed by atoms with E-state index < -0.39 is 9.84 Å². The van der Waals surface area contributed by atoms with Crippen LogP contribution in [0.1, 0.15) is 37.9 Å². The molecule has 0 saturated heterocycles. The standard InChI is InChI=1S/C20H29N3O4S2/c1-20(2,3)18-22-15(14-28-18)13-21-19(24)23(4)11-6-12-27-16-7-9-17(10-8-16)29(5,25)26/h7-10,14H,6,11-13H2,1-5H3,(H,21,24). The average Bonchev–Trinajstić information content (AvgIpc) is 3.12. The van der Waals surface area contributed by atoms with E-state index in [1.165, 1.54) is 18.4 Å². The summed E-state index contributed by atoms with van der Waals surface area (Å²) in [6, 6.07) is 6.15. The van der Waals surface area contributed by atoms with Crippen LogP contribution in [0.2, 0.25) is 0 Å². The fourth-order valence-corrected chi connectivity index (χ4v) is 3.95. The molecule has 0 saturated carbocycles. The summed E-state index contributed by atoms with van der Waals surface area (Å²) in [6.45, 7) is 7.71. The number of aromatic nitrogens is 1. The predicted octanol–water partition coefficient (Wildman–Crippen LogP) is 3.45. The van der Waals surface area contributed by atoms with E-state index in [0.29, 0.717) is 31.9 Å². The van der Waals surface area contributed by atoms with Crippen LogP contribution in [0.3, 0.4) is 0 Å². The predicted molar refractivity (Wildman–Crippen MR) is 115 cm³/mol. The van der Waals surface area contributed by atoms with Crippen LogP contribution in [0, 0.1) is 0 Å². The quantitative estimate of drug-likeness (QED) is 0.637. The summed E-state index contributed by atoms with van der Waals surface area (Å²) in [7, 11) is -1.47. The molecule has 160 valence electrons. The van der Waals surface area contributed by atoms with Crippen molar-refractivity contribution < 1.29 is 17.9 Å². The fraction of sp³-hybridized carbons (Fsp3) is 0.500. The van der Waals surface area contributed by atoms with Gasteiger partial charge in [0.1, 0.15) is 5.75 Å². The molecule has 0 unspecified atom stereocenters. The Balaban J connectivity index is 1.70. The highest BCUT2D eigenvalue weighted by atomic mass is 32.2. The monoisotopic (exact) mass is 439 g/mol. The van der Waals surface area contributed by atoms with Crippen molar-refractivity contribution in [2.24, 2.45) is 0 Å². The second-order valence-electron chi connectivity index (χ2n) is 7.92. The molecule has 0 fully saturated rings. The maximum atomic E-state index is 12.2. The molecule has 9 heteroatoms. The van der Waals surface area contributed by atoms with E-state index in [2.05, 4.69) is 31.1 Å². The Morgan fingerprint density at radius 3 is 2.45 bits per heavy atom. The molecule has 0 spiro atoms. The zero-order valence-electron chi connectivity index (χ0n) is 17.6. The molecule has 1 N–H and O–H groups in total. The molecule has 0 aliphatic carbocycles. The van der Waals surface area contributed by atoms with Crippen molar-refractivity contribution in [2.45, 2.75) is 44.0 Å². The lowest BCUT2D eigenvalue weighted by atomic mass is 9.98. The van der Waals surface area contributed by atoms with Crippen LogP contribution in [-0.4, -0.2) is 50.8 Å². The van der Waals surface area contributed by atoms with Gasteiger partial charge in [-0.3, -0.25) is 0 Å². The summed E-state index contributed by atoms with van der Waals surface area (Å²) in [5.74, 6) is 0.600. The van der Waals surface area contributed by atoms with Crippen molar-refractivity contribution in [1.29, 1.82) is 0 Å². The smallest absolute Gasteiger partial charge is 0.317 e. The van der Waals surface area contributed by atoms with Gasteiger partial charge < -0.3 is 15.0 Å². The summed E-state index contributed by atoms with van der Waals surface area (Å²) < 4.78 is 28.5. The van der Waals surface area contributed by atoms with Gasteiger partial charge in [0.2, 0.25) is 0 Å². The molecule has 0 radical (unpaired) electrons. The van der Waals surface area contributed by atoms with Gasteiger partial charge in [0.25, 0.3) is 0 Å². The summed E-state index contributed by atoms with van der Waals surface area (Å²) in [5.41, 5.74) is 0.872. The van der Waals surface area contributed by atoms with Gasteiger partial charge in [-0.15, -0.1) is 11.3 Å². The minimum Gasteiger partial charge on any atom is -0.494 e. The lowest BCUT2D eigenvalue weighted by Crippen LogP contribution is -2.37. The third-order valence-electron chi connectivity index (χ3n) is 4.12. The number of urea groups is 1. The van der Waals surface area contributed by atoms with Crippen molar-refractivity contribution in [3.8, 4) is 5.75 Å². The molecule has 1 heterocycles. The topological polar surface area (TPSA) is 88.6 Å². The van der Waals surface area contributed by atoms with Gasteiger partial charge in [-0.1, -0.05) is 20.8 Å². The first-order valence-corrected chi connectivity index (χ1v) is 12.1. The second kappa shape index (κ2) is 9.58. The zero-order chi connectivity index (χ0) is 21.7. The van der Waals surface area contributed by atoms with Crippen molar-refractivity contribution in [2.75, 3.05) is 26.5 Å². The number of thiazole rings is 1. The van der Waals surface area contributed by atoms with Gasteiger partial charge in [0, 0.05) is 30.6 Å². The van der Waals surface area contributed by atoms with Crippen LogP contribution >= 0.6 is 11.3 Å². The van der Waals surface area contributed by atoms with Crippen molar-refractivity contribution in [1.82, 2.24) is 15.2 Å². The Morgan fingerprint density at radius 1 is 1.24 bits per heavy atom. The Kier molecular flexibility index (Phi) is 7.65. The number of rotatable bonds is 8. The Hall–Kier alpha value is -2.13. The number of benzene rings is 1. The molecule has 2 rings (SSSR count). The number of nitrogens with one attached hydrogen (secondary N) is 1. The number of hydrogen-bond acceptors (Lipinski definition) is 6. The summed E-state index contributed by atoms with van der Waals surface area (Å²) in [6.07, 6.45) is 1.82. The lowest BCUT2D eigenvalue weighted by molar-refractivity contribution is 0.203. The number of hydrogen-bond donors (Lipinski definition) is 1. The minimum absolute atomic E-state index is 0.00876. The summed E-state index contributed by atoms with van der Waals surface area (Å²) >= 11 is 1.61. The average molecular weight is 440 g/mol. The van der Waals surface area contributed by atoms with E-state index in [0.717, 1.165) is 10.7 Å². The number of nitrogens with zero attached hydrogens (tertiary/aromatic N) is 2. The molecule has 0 atom stereocenters. The van der Waals surface area contributed by atoms with Gasteiger partial charge in [-0.05, 0) is 30.7 Å². The molecule has 2 aromatic rings. The first kappa shape index (κ1) is 23.2. The van der Waals surface area contributed by atoms with Gasteiger partial charge in [-0.2, -0.15) is 0 Å². The summed E-state index contributed by atoms with van der Waals surface area (Å²) in [4.78, 5) is 18.6. The van der Waals surface area contributed by atoms with Crippen LogP contribution in [0.5, 0.6) is 5.75 Å². The third kappa shape index (κ3) is 7.32. The van der Waals surface area contributed by atoms with Crippen LogP contribution < -0.4 is 10.1 Å². The van der Waals surface area contributed by atoms with E-state index in [4.69, 9.17) is 4.74 Å². The Bertz CT molecular complexity index is 916. The Labute approximate surface area is 177 Å². The fourth-order valence-electron chi connectivity index (χ4n) is 2.41. The van der Waals surface area contributed by atoms with Crippen LogP contribution in [-0.2, 0) is 21.8 Å². The van der Waals surface area contributed by atoms with Crippen LogP contribution in [0.4, 0.5) is 4.79 Å². The number of ether oxygens (including phenoxy) is 1. The number of sulfone groups is 1. The van der Waals surface area contributed by atoms with E-state index in [9.17, 15) is 13.2 Å². The second-order valence-corrected chi connectivity index (χ2v) is 10.8. The molecular weight excluding hydrogens is 410 g/mol. The molecule has 29 heavy (non-hydrogen) atoms. The zero-order valence-corrected chi connectivity index (χ0v) is 19.2. The molecule has 0 aliphatic rings.